The van der Waals surface area contributed by atoms with E-state index in [2.05, 4.69) is 5.32 Å². The number of amides is 1. The minimum absolute atomic E-state index is 0.0659. The van der Waals surface area contributed by atoms with E-state index in [1.54, 1.807) is 0 Å². The van der Waals surface area contributed by atoms with Crippen LogP contribution in [0.25, 0.3) is 0 Å². The van der Waals surface area contributed by atoms with Crippen LogP contribution in [0.3, 0.4) is 0 Å². The summed E-state index contributed by atoms with van der Waals surface area (Å²) in [6, 6.07) is 0. The number of carboxylic acids is 1. The summed E-state index contributed by atoms with van der Waals surface area (Å²) in [5, 5.41) is 20.1. The molecule has 19 heavy (non-hydrogen) atoms. The Morgan fingerprint density at radius 1 is 1.26 bits per heavy atom. The van der Waals surface area contributed by atoms with Crippen LogP contribution in [-0.2, 0) is 19.4 Å². The minimum atomic E-state index is -3.48. The highest BCUT2D eigenvalue weighted by Crippen LogP contribution is 2.02. The van der Waals surface area contributed by atoms with Gasteiger partial charge in [0, 0.05) is 0 Å². The number of carbonyl (C=O) groups excluding carboxylic acids is 1. The number of carboxylic acid groups (broad SMARTS) is 1. The maximum absolute atomic E-state index is 11.5. The molecule has 0 aromatic carbocycles. The summed E-state index contributed by atoms with van der Waals surface area (Å²) in [4.78, 5) is 21.9. The third-order valence-electron chi connectivity index (χ3n) is 2.50. The van der Waals surface area contributed by atoms with E-state index in [9.17, 15) is 23.1 Å². The van der Waals surface area contributed by atoms with Gasteiger partial charge >= 0.3 is 5.97 Å². The van der Waals surface area contributed by atoms with Crippen LogP contribution in [0.5, 0.6) is 0 Å². The molecule has 8 heteroatoms. The zero-order valence-corrected chi connectivity index (χ0v) is 12.0. The Morgan fingerprint density at radius 3 is 2.32 bits per heavy atom. The molecule has 112 valence electrons. The fourth-order valence-electron chi connectivity index (χ4n) is 1.24. The summed E-state index contributed by atoms with van der Waals surface area (Å²) in [7, 11) is -3.48. The number of rotatable bonds is 9. The van der Waals surface area contributed by atoms with Crippen molar-refractivity contribution in [3.8, 4) is 0 Å². The normalized spacial score (nSPS) is 14.7. The van der Waals surface area contributed by atoms with E-state index < -0.39 is 39.6 Å². The summed E-state index contributed by atoms with van der Waals surface area (Å²) >= 11 is 0. The first kappa shape index (κ1) is 17.8. The fraction of sp³-hybridized carbons (Fsp3) is 0.818. The molecule has 0 fully saturated rings. The fourth-order valence-corrected chi connectivity index (χ4v) is 2.53. The molecule has 0 aromatic heterocycles. The zero-order chi connectivity index (χ0) is 15.1. The Hall–Kier alpha value is -1.15. The first-order chi connectivity index (χ1) is 8.60. The second kappa shape index (κ2) is 7.44. The highest BCUT2D eigenvalue weighted by atomic mass is 32.2. The smallest absolute Gasteiger partial charge is 0.337 e. The summed E-state index contributed by atoms with van der Waals surface area (Å²) in [5.41, 5.74) is -2.11. The molecule has 0 aromatic rings. The monoisotopic (exact) mass is 295 g/mol. The van der Waals surface area contributed by atoms with Gasteiger partial charge in [-0.2, -0.15) is 0 Å². The van der Waals surface area contributed by atoms with Gasteiger partial charge in [0.15, 0.2) is 15.4 Å². The average molecular weight is 295 g/mol. The Bertz CT molecular complexity index is 415. The number of carbonyl (C=O) groups is 2. The predicted octanol–water partition coefficient (Wildman–Crippen LogP) is -0.457. The highest BCUT2D eigenvalue weighted by molar-refractivity contribution is 7.92. The molecular weight excluding hydrogens is 274 g/mol. The molecule has 7 nitrogen and oxygen atoms in total. The summed E-state index contributed by atoms with van der Waals surface area (Å²) in [6.07, 6.45) is 2.15. The van der Waals surface area contributed by atoms with Gasteiger partial charge in [0.2, 0.25) is 5.91 Å². The number of sulfone groups is 1. The number of hydrogen-bond donors (Lipinski definition) is 3. The first-order valence-electron chi connectivity index (χ1n) is 6.03. The number of unbranched alkanes of at least 4 members (excludes halogenated alkanes) is 2. The van der Waals surface area contributed by atoms with Gasteiger partial charge in [-0.1, -0.05) is 19.8 Å². The third-order valence-corrected chi connectivity index (χ3v) is 4.11. The molecule has 1 unspecified atom stereocenters. The molecule has 0 saturated heterocycles. The van der Waals surface area contributed by atoms with Crippen LogP contribution in [0.1, 0.15) is 33.1 Å². The predicted molar refractivity (Wildman–Crippen MR) is 69.4 cm³/mol. The van der Waals surface area contributed by atoms with Crippen molar-refractivity contribution in [2.45, 2.75) is 38.7 Å². The number of nitrogens with one attached hydrogen (secondary N) is 1. The largest absolute Gasteiger partial charge is 0.479 e. The summed E-state index contributed by atoms with van der Waals surface area (Å²) in [5.74, 6) is -3.05. The van der Waals surface area contributed by atoms with E-state index in [4.69, 9.17) is 5.11 Å². The lowest BCUT2D eigenvalue weighted by Gasteiger charge is -2.18. The van der Waals surface area contributed by atoms with Crippen molar-refractivity contribution >= 4 is 21.7 Å². The first-order valence-corrected chi connectivity index (χ1v) is 7.86. The average Bonchev–Trinajstić information content (AvgIpc) is 2.26. The van der Waals surface area contributed by atoms with Gasteiger partial charge in [-0.25, -0.2) is 13.2 Å². The van der Waals surface area contributed by atoms with Gasteiger partial charge in [-0.3, -0.25) is 4.79 Å². The van der Waals surface area contributed by atoms with Crippen LogP contribution >= 0.6 is 0 Å². The van der Waals surface area contributed by atoms with Crippen LogP contribution in [0, 0.1) is 0 Å². The molecule has 0 radical (unpaired) electrons. The molecule has 0 rings (SSSR count). The lowest BCUT2D eigenvalue weighted by Crippen LogP contribution is -2.47. The Labute approximate surface area is 112 Å². The van der Waals surface area contributed by atoms with Crippen LogP contribution < -0.4 is 5.32 Å². The Kier molecular flexibility index (Phi) is 6.99. The van der Waals surface area contributed by atoms with Crippen molar-refractivity contribution < 1.29 is 28.2 Å². The zero-order valence-electron chi connectivity index (χ0n) is 11.2. The second-order valence-corrected chi connectivity index (χ2v) is 6.84. The van der Waals surface area contributed by atoms with Crippen molar-refractivity contribution in [3.63, 3.8) is 0 Å². The van der Waals surface area contributed by atoms with E-state index in [0.29, 0.717) is 6.42 Å². The lowest BCUT2D eigenvalue weighted by atomic mass is 10.1. The SMILES string of the molecule is CCCCCS(=O)(=O)CC(=O)NCC(C)(O)C(=O)O. The quantitative estimate of drug-likeness (QED) is 0.495. The van der Waals surface area contributed by atoms with Gasteiger partial charge in [-0.05, 0) is 13.3 Å². The minimum Gasteiger partial charge on any atom is -0.479 e. The molecule has 0 aliphatic carbocycles. The molecule has 1 amide bonds. The number of hydrogen-bond acceptors (Lipinski definition) is 5. The molecule has 3 N–H and O–H groups in total. The lowest BCUT2D eigenvalue weighted by molar-refractivity contribution is -0.156. The van der Waals surface area contributed by atoms with Crippen molar-refractivity contribution in [1.82, 2.24) is 5.32 Å². The molecule has 0 aliphatic heterocycles. The van der Waals surface area contributed by atoms with Gasteiger partial charge in [0.05, 0.1) is 12.3 Å². The van der Waals surface area contributed by atoms with Crippen molar-refractivity contribution in [1.29, 1.82) is 0 Å². The topological polar surface area (TPSA) is 121 Å². The van der Waals surface area contributed by atoms with Gasteiger partial charge in [0.25, 0.3) is 0 Å². The molecule has 0 heterocycles. The van der Waals surface area contributed by atoms with Gasteiger partial charge in [-0.15, -0.1) is 0 Å². The van der Waals surface area contributed by atoms with Crippen LogP contribution in [0.2, 0.25) is 0 Å². The molecule has 0 saturated carbocycles. The molecular formula is C11H21NO6S. The Balaban J connectivity index is 4.21. The van der Waals surface area contributed by atoms with Crippen molar-refractivity contribution in [2.75, 3.05) is 18.1 Å². The highest BCUT2D eigenvalue weighted by Gasteiger charge is 2.30. The maximum atomic E-state index is 11.5. The van der Waals surface area contributed by atoms with E-state index in [1.807, 2.05) is 6.92 Å². The standard InChI is InChI=1S/C11H21NO6S/c1-3-4-5-6-19(17,18)7-9(13)12-8-11(2,16)10(14)15/h16H,3-8H2,1-2H3,(H,12,13)(H,14,15). The molecule has 0 spiro atoms. The van der Waals surface area contributed by atoms with E-state index >= 15 is 0 Å². The number of aliphatic hydroxyl groups is 1. The van der Waals surface area contributed by atoms with Crippen LogP contribution in [0.15, 0.2) is 0 Å². The van der Waals surface area contributed by atoms with Crippen molar-refractivity contribution in [3.05, 3.63) is 0 Å². The third kappa shape index (κ3) is 7.78. The van der Waals surface area contributed by atoms with Crippen LogP contribution in [-0.4, -0.2) is 54.2 Å². The Morgan fingerprint density at radius 2 is 1.84 bits per heavy atom. The molecule has 1 atom stereocenters. The van der Waals surface area contributed by atoms with E-state index in [1.165, 1.54) is 0 Å². The molecule has 0 aliphatic rings. The van der Waals surface area contributed by atoms with Gasteiger partial charge in [0.1, 0.15) is 5.75 Å². The second-order valence-electron chi connectivity index (χ2n) is 4.65. The van der Waals surface area contributed by atoms with E-state index in [0.717, 1.165) is 19.8 Å². The van der Waals surface area contributed by atoms with Gasteiger partial charge < -0.3 is 15.5 Å². The van der Waals surface area contributed by atoms with Crippen molar-refractivity contribution in [2.24, 2.45) is 0 Å². The number of aliphatic carboxylic acids is 1. The summed E-state index contributed by atoms with van der Waals surface area (Å²) < 4.78 is 23.1. The van der Waals surface area contributed by atoms with E-state index in [-0.39, 0.29) is 5.75 Å². The summed E-state index contributed by atoms with van der Waals surface area (Å²) in [6.45, 7) is 2.42. The molecule has 0 bridgehead atoms. The van der Waals surface area contributed by atoms with Crippen LogP contribution in [0.4, 0.5) is 0 Å². The maximum Gasteiger partial charge on any atom is 0.337 e.